The predicted molar refractivity (Wildman–Crippen MR) is 102 cm³/mol. The van der Waals surface area contributed by atoms with Gasteiger partial charge in [-0.25, -0.2) is 0 Å². The van der Waals surface area contributed by atoms with Gasteiger partial charge in [0.15, 0.2) is 0 Å². The fourth-order valence-electron chi connectivity index (χ4n) is 2.50. The zero-order valence-corrected chi connectivity index (χ0v) is 15.4. The summed E-state index contributed by atoms with van der Waals surface area (Å²) < 4.78 is 5.81. The molecule has 0 aliphatic carbocycles. The third-order valence-electron chi connectivity index (χ3n) is 4.12. The van der Waals surface area contributed by atoms with E-state index in [9.17, 15) is 9.59 Å². The molecule has 0 aliphatic rings. The van der Waals surface area contributed by atoms with Gasteiger partial charge in [0.25, 0.3) is 5.91 Å². The van der Waals surface area contributed by atoms with Gasteiger partial charge in [-0.2, -0.15) is 0 Å². The van der Waals surface area contributed by atoms with Gasteiger partial charge in [0.2, 0.25) is 5.91 Å². The molecule has 26 heavy (non-hydrogen) atoms. The molecule has 1 unspecified atom stereocenters. The molecule has 0 saturated heterocycles. The summed E-state index contributed by atoms with van der Waals surface area (Å²) in [5, 5.41) is 0. The lowest BCUT2D eigenvalue weighted by Gasteiger charge is -2.23. The van der Waals surface area contributed by atoms with Crippen LogP contribution in [-0.2, 0) is 11.3 Å². The van der Waals surface area contributed by atoms with Gasteiger partial charge in [-0.1, -0.05) is 43.3 Å². The normalized spacial score (nSPS) is 11.6. The third-order valence-corrected chi connectivity index (χ3v) is 4.12. The number of amides is 2. The van der Waals surface area contributed by atoms with E-state index in [-0.39, 0.29) is 25.0 Å². The van der Waals surface area contributed by atoms with Gasteiger partial charge >= 0.3 is 0 Å². The molecular weight excluding hydrogens is 328 g/mol. The van der Waals surface area contributed by atoms with E-state index >= 15 is 0 Å². The van der Waals surface area contributed by atoms with E-state index < -0.39 is 5.91 Å². The summed E-state index contributed by atoms with van der Waals surface area (Å²) in [5.74, 6) is 0.0918. The smallest absolute Gasteiger partial charge is 0.254 e. The van der Waals surface area contributed by atoms with E-state index in [1.54, 1.807) is 23.1 Å². The molecule has 2 amide bonds. The van der Waals surface area contributed by atoms with Crippen molar-refractivity contribution in [1.82, 2.24) is 4.90 Å². The Hall–Kier alpha value is -2.82. The molecule has 2 aromatic rings. The molecule has 0 fully saturated rings. The summed E-state index contributed by atoms with van der Waals surface area (Å²) in [4.78, 5) is 25.8. The maximum absolute atomic E-state index is 13.0. The quantitative estimate of drug-likeness (QED) is 0.750. The van der Waals surface area contributed by atoms with Crippen molar-refractivity contribution in [2.45, 2.75) is 39.3 Å². The van der Waals surface area contributed by atoms with Crippen molar-refractivity contribution in [3.05, 3.63) is 65.7 Å². The summed E-state index contributed by atoms with van der Waals surface area (Å²) in [6, 6.07) is 16.8. The van der Waals surface area contributed by atoms with E-state index in [2.05, 4.69) is 0 Å². The Morgan fingerprint density at radius 3 is 2.50 bits per heavy atom. The van der Waals surface area contributed by atoms with E-state index in [1.165, 1.54) is 0 Å². The average Bonchev–Trinajstić information content (AvgIpc) is 2.65. The molecule has 0 spiro atoms. The highest BCUT2D eigenvalue weighted by molar-refractivity contribution is 5.94. The Labute approximate surface area is 154 Å². The molecule has 5 nitrogen and oxygen atoms in total. The molecule has 1 atom stereocenters. The number of rotatable bonds is 9. The highest BCUT2D eigenvalue weighted by atomic mass is 16.5. The summed E-state index contributed by atoms with van der Waals surface area (Å²) in [6.45, 7) is 4.73. The Morgan fingerprint density at radius 2 is 1.85 bits per heavy atom. The second kappa shape index (κ2) is 9.61. The van der Waals surface area contributed by atoms with E-state index in [4.69, 9.17) is 10.5 Å². The molecule has 0 aromatic heterocycles. The van der Waals surface area contributed by atoms with Crippen molar-refractivity contribution in [3.63, 3.8) is 0 Å². The maximum atomic E-state index is 13.0. The number of hydrogen-bond donors (Lipinski definition) is 1. The van der Waals surface area contributed by atoms with E-state index in [0.717, 1.165) is 12.0 Å². The second-order valence-corrected chi connectivity index (χ2v) is 6.29. The molecule has 2 aromatic carbocycles. The summed E-state index contributed by atoms with van der Waals surface area (Å²) in [5.41, 5.74) is 6.80. The van der Waals surface area contributed by atoms with Gasteiger partial charge in [0.05, 0.1) is 6.10 Å². The molecular formula is C21H26N2O3. The number of ether oxygens (including phenoxy) is 1. The van der Waals surface area contributed by atoms with Crippen LogP contribution in [0.5, 0.6) is 5.75 Å². The van der Waals surface area contributed by atoms with Gasteiger partial charge in [0.1, 0.15) is 5.75 Å². The SMILES string of the molecule is CCC(C)Oc1cccc(C(=O)N(CCC(N)=O)Cc2ccccc2)c1. The monoisotopic (exact) mass is 354 g/mol. The van der Waals surface area contributed by atoms with Crippen molar-refractivity contribution >= 4 is 11.8 Å². The first-order valence-corrected chi connectivity index (χ1v) is 8.87. The van der Waals surface area contributed by atoms with Gasteiger partial charge in [-0.3, -0.25) is 9.59 Å². The Kier molecular flexibility index (Phi) is 7.21. The molecule has 0 aliphatic heterocycles. The fourth-order valence-corrected chi connectivity index (χ4v) is 2.50. The number of carbonyl (C=O) groups excluding carboxylic acids is 2. The topological polar surface area (TPSA) is 72.6 Å². The minimum absolute atomic E-state index is 0.0793. The highest BCUT2D eigenvalue weighted by Crippen LogP contribution is 2.18. The van der Waals surface area contributed by atoms with Crippen LogP contribution in [0.15, 0.2) is 54.6 Å². The Balaban J connectivity index is 2.19. The van der Waals surface area contributed by atoms with Crippen LogP contribution in [0, 0.1) is 0 Å². The summed E-state index contributed by atoms with van der Waals surface area (Å²) in [6.07, 6.45) is 1.09. The second-order valence-electron chi connectivity index (χ2n) is 6.29. The Morgan fingerprint density at radius 1 is 1.12 bits per heavy atom. The first-order chi connectivity index (χ1) is 12.5. The minimum atomic E-state index is -0.426. The number of carbonyl (C=O) groups is 2. The Bertz CT molecular complexity index is 731. The number of benzene rings is 2. The lowest BCUT2D eigenvalue weighted by atomic mass is 10.1. The minimum Gasteiger partial charge on any atom is -0.491 e. The van der Waals surface area contributed by atoms with Crippen LogP contribution in [0.4, 0.5) is 0 Å². The maximum Gasteiger partial charge on any atom is 0.254 e. The van der Waals surface area contributed by atoms with Crippen LogP contribution in [0.2, 0.25) is 0 Å². The van der Waals surface area contributed by atoms with Crippen molar-refractivity contribution in [1.29, 1.82) is 0 Å². The molecule has 138 valence electrons. The van der Waals surface area contributed by atoms with Crippen LogP contribution in [-0.4, -0.2) is 29.4 Å². The van der Waals surface area contributed by atoms with Gasteiger partial charge in [-0.15, -0.1) is 0 Å². The van der Waals surface area contributed by atoms with Gasteiger partial charge in [-0.05, 0) is 37.1 Å². The van der Waals surface area contributed by atoms with Crippen LogP contribution < -0.4 is 10.5 Å². The summed E-state index contributed by atoms with van der Waals surface area (Å²) >= 11 is 0. The molecule has 0 bridgehead atoms. The van der Waals surface area contributed by atoms with Crippen LogP contribution >= 0.6 is 0 Å². The van der Waals surface area contributed by atoms with Crippen molar-refractivity contribution in [3.8, 4) is 5.75 Å². The number of hydrogen-bond acceptors (Lipinski definition) is 3. The standard InChI is InChI=1S/C21H26N2O3/c1-3-16(2)26-19-11-7-10-18(14-19)21(25)23(13-12-20(22)24)15-17-8-5-4-6-9-17/h4-11,14,16H,3,12-13,15H2,1-2H3,(H2,22,24). The van der Waals surface area contributed by atoms with Crippen LogP contribution in [0.3, 0.4) is 0 Å². The van der Waals surface area contributed by atoms with Gasteiger partial charge in [0, 0.05) is 25.1 Å². The van der Waals surface area contributed by atoms with Crippen molar-refractivity contribution in [2.75, 3.05) is 6.54 Å². The van der Waals surface area contributed by atoms with Gasteiger partial charge < -0.3 is 15.4 Å². The van der Waals surface area contributed by atoms with Crippen molar-refractivity contribution in [2.24, 2.45) is 5.73 Å². The van der Waals surface area contributed by atoms with Crippen LogP contribution in [0.1, 0.15) is 42.6 Å². The van der Waals surface area contributed by atoms with Crippen molar-refractivity contribution < 1.29 is 14.3 Å². The molecule has 5 heteroatoms. The summed E-state index contributed by atoms with van der Waals surface area (Å²) in [7, 11) is 0. The fraction of sp³-hybridized carbons (Fsp3) is 0.333. The molecule has 2 rings (SSSR count). The number of nitrogens with two attached hydrogens (primary N) is 1. The number of nitrogens with zero attached hydrogens (tertiary/aromatic N) is 1. The third kappa shape index (κ3) is 5.92. The first-order valence-electron chi connectivity index (χ1n) is 8.87. The zero-order valence-electron chi connectivity index (χ0n) is 15.4. The lowest BCUT2D eigenvalue weighted by Crippen LogP contribution is -2.33. The predicted octanol–water partition coefficient (Wildman–Crippen LogP) is 3.38. The van der Waals surface area contributed by atoms with E-state index in [1.807, 2.05) is 50.2 Å². The average molecular weight is 354 g/mol. The first kappa shape index (κ1) is 19.5. The molecule has 0 heterocycles. The highest BCUT2D eigenvalue weighted by Gasteiger charge is 2.18. The number of primary amides is 1. The molecule has 0 radical (unpaired) electrons. The largest absolute Gasteiger partial charge is 0.491 e. The lowest BCUT2D eigenvalue weighted by molar-refractivity contribution is -0.118. The zero-order chi connectivity index (χ0) is 18.9. The molecule has 0 saturated carbocycles. The van der Waals surface area contributed by atoms with Crippen LogP contribution in [0.25, 0.3) is 0 Å². The van der Waals surface area contributed by atoms with E-state index in [0.29, 0.717) is 17.9 Å². The molecule has 2 N–H and O–H groups in total.